The molecule has 0 saturated carbocycles. The van der Waals surface area contributed by atoms with Crippen molar-refractivity contribution in [2.75, 3.05) is 13.2 Å². The summed E-state index contributed by atoms with van der Waals surface area (Å²) in [6, 6.07) is 6.82. The van der Waals surface area contributed by atoms with E-state index < -0.39 is 5.63 Å². The molecule has 166 valence electrons. The Kier molecular flexibility index (Phi) is 7.44. The van der Waals surface area contributed by atoms with Crippen molar-refractivity contribution in [2.45, 2.75) is 27.2 Å². The van der Waals surface area contributed by atoms with Gasteiger partial charge in [0.1, 0.15) is 0 Å². The number of nitrogens with one attached hydrogen (secondary N) is 1. The molecule has 1 N–H and O–H groups in total. The largest absolute Gasteiger partial charge is 0.486 e. The molecule has 1 amide bonds. The molecule has 0 unspecified atom stereocenters. The van der Waals surface area contributed by atoms with Gasteiger partial charge < -0.3 is 18.9 Å². The highest BCUT2D eigenvalue weighted by molar-refractivity contribution is 5.99. The van der Waals surface area contributed by atoms with Crippen LogP contribution < -0.4 is 15.7 Å². The molecule has 0 aliphatic heterocycles. The van der Waals surface area contributed by atoms with Crippen molar-refractivity contribution in [2.24, 2.45) is 0 Å². The lowest BCUT2D eigenvalue weighted by molar-refractivity contribution is -0.451. The lowest BCUT2D eigenvalue weighted by atomic mass is 10.1. The Hall–Kier alpha value is -3.87. The van der Waals surface area contributed by atoms with Crippen molar-refractivity contribution >= 4 is 34.1 Å². The third-order valence-electron chi connectivity index (χ3n) is 4.58. The Morgan fingerprint density at radius 2 is 1.97 bits per heavy atom. The maximum absolute atomic E-state index is 11.8. The van der Waals surface area contributed by atoms with E-state index in [4.69, 9.17) is 13.6 Å². The number of carbonyl (C=O) groups is 1. The number of furan rings is 1. The second kappa shape index (κ2) is 10.4. The summed E-state index contributed by atoms with van der Waals surface area (Å²) >= 11 is 0. The predicted molar refractivity (Wildman–Crippen MR) is 125 cm³/mol. The number of amides is 1. The van der Waals surface area contributed by atoms with Crippen LogP contribution in [0.25, 0.3) is 21.9 Å². The van der Waals surface area contributed by atoms with Gasteiger partial charge in [0.15, 0.2) is 30.1 Å². The van der Waals surface area contributed by atoms with E-state index in [-0.39, 0.29) is 5.91 Å². The molecule has 0 radical (unpaired) electrons. The van der Waals surface area contributed by atoms with E-state index in [1.54, 1.807) is 24.6 Å². The molecule has 32 heavy (non-hydrogen) atoms. The summed E-state index contributed by atoms with van der Waals surface area (Å²) in [5.41, 5.74) is 2.13. The van der Waals surface area contributed by atoms with Crippen molar-refractivity contribution in [3.05, 3.63) is 77.1 Å². The van der Waals surface area contributed by atoms with Gasteiger partial charge in [-0.3, -0.25) is 4.79 Å². The normalized spacial score (nSPS) is 12.1. The first-order chi connectivity index (χ1) is 15.4. The van der Waals surface area contributed by atoms with Crippen LogP contribution in [-0.2, 0) is 4.79 Å². The lowest BCUT2D eigenvalue weighted by Crippen LogP contribution is -2.19. The van der Waals surface area contributed by atoms with E-state index in [9.17, 15) is 9.59 Å². The minimum Gasteiger partial charge on any atom is -0.486 e. The number of hydrogen-bond acceptors (Lipinski definition) is 5. The molecular formula is C25H27N2O5+. The summed E-state index contributed by atoms with van der Waals surface area (Å²) in [7, 11) is 0. The Labute approximate surface area is 186 Å². The molecule has 0 aliphatic rings. The second-order valence-corrected chi connectivity index (χ2v) is 7.55. The molecule has 7 nitrogen and oxygen atoms in total. The molecule has 2 aromatic heterocycles. The third kappa shape index (κ3) is 5.85. The van der Waals surface area contributed by atoms with Gasteiger partial charge in [0.25, 0.3) is 0 Å². The summed E-state index contributed by atoms with van der Waals surface area (Å²) < 4.78 is 18.8. The van der Waals surface area contributed by atoms with Crippen LogP contribution in [0.2, 0.25) is 0 Å². The van der Waals surface area contributed by atoms with E-state index in [0.717, 1.165) is 22.0 Å². The van der Waals surface area contributed by atoms with E-state index in [0.29, 0.717) is 36.5 Å². The van der Waals surface area contributed by atoms with Gasteiger partial charge in [-0.05, 0) is 45.5 Å². The zero-order valence-electron chi connectivity index (χ0n) is 18.5. The van der Waals surface area contributed by atoms with Crippen LogP contribution in [0.4, 0.5) is 0 Å². The molecule has 3 rings (SSSR count). The highest BCUT2D eigenvalue weighted by Crippen LogP contribution is 2.34. The SMILES string of the molecule is C=C[N+](=C/C=C(\C)NC(=O)C=C(C)C)CCCOc1c2occc2cc2ccc(=O)oc12. The second-order valence-electron chi connectivity index (χ2n) is 7.55. The smallest absolute Gasteiger partial charge is 0.336 e. The summed E-state index contributed by atoms with van der Waals surface area (Å²) in [6.45, 7) is 10.4. The minimum atomic E-state index is -0.445. The summed E-state index contributed by atoms with van der Waals surface area (Å²) in [4.78, 5) is 23.5. The van der Waals surface area contributed by atoms with Crippen molar-refractivity contribution in [3.63, 3.8) is 0 Å². The van der Waals surface area contributed by atoms with Gasteiger partial charge in [0.05, 0.1) is 12.9 Å². The fourth-order valence-electron chi connectivity index (χ4n) is 3.13. The molecule has 0 fully saturated rings. The van der Waals surface area contributed by atoms with Gasteiger partial charge >= 0.3 is 5.63 Å². The fraction of sp³-hybridized carbons (Fsp3) is 0.240. The van der Waals surface area contributed by atoms with E-state index in [2.05, 4.69) is 11.9 Å². The van der Waals surface area contributed by atoms with Crippen molar-refractivity contribution in [1.29, 1.82) is 0 Å². The highest BCUT2D eigenvalue weighted by Gasteiger charge is 2.15. The summed E-state index contributed by atoms with van der Waals surface area (Å²) in [5, 5.41) is 4.44. The molecule has 0 aliphatic carbocycles. The van der Waals surface area contributed by atoms with Crippen LogP contribution in [0.15, 0.2) is 80.4 Å². The molecule has 0 saturated heterocycles. The zero-order valence-corrected chi connectivity index (χ0v) is 18.5. The average molecular weight is 436 g/mol. The number of carbonyl (C=O) groups excluding carboxylic acids is 1. The van der Waals surface area contributed by atoms with Crippen molar-refractivity contribution < 1.29 is 22.9 Å². The van der Waals surface area contributed by atoms with Crippen molar-refractivity contribution in [3.8, 4) is 5.75 Å². The predicted octanol–water partition coefficient (Wildman–Crippen LogP) is 4.52. The maximum Gasteiger partial charge on any atom is 0.336 e. The number of rotatable bonds is 9. The van der Waals surface area contributed by atoms with Crippen molar-refractivity contribution in [1.82, 2.24) is 5.32 Å². The fourth-order valence-corrected chi connectivity index (χ4v) is 3.13. The Morgan fingerprint density at radius 1 is 1.19 bits per heavy atom. The number of benzene rings is 1. The number of nitrogens with zero attached hydrogens (tertiary/aromatic N) is 1. The quantitative estimate of drug-likeness (QED) is 0.176. The number of allylic oxidation sites excluding steroid dienone is 3. The first-order valence-electron chi connectivity index (χ1n) is 10.3. The summed E-state index contributed by atoms with van der Waals surface area (Å²) in [5.74, 6) is 0.267. The maximum atomic E-state index is 11.8. The number of hydrogen-bond donors (Lipinski definition) is 1. The van der Waals surface area contributed by atoms with Crippen LogP contribution in [0.1, 0.15) is 27.2 Å². The number of ether oxygens (including phenoxy) is 1. The van der Waals surface area contributed by atoms with E-state index >= 15 is 0 Å². The van der Waals surface area contributed by atoms with Gasteiger partial charge in [0.2, 0.25) is 11.7 Å². The molecule has 0 bridgehead atoms. The van der Waals surface area contributed by atoms with Crippen LogP contribution >= 0.6 is 0 Å². The van der Waals surface area contributed by atoms with Gasteiger partial charge in [-0.1, -0.05) is 5.57 Å². The van der Waals surface area contributed by atoms with Crippen LogP contribution in [0, 0.1) is 0 Å². The molecular weight excluding hydrogens is 408 g/mol. The molecule has 3 aromatic rings. The van der Waals surface area contributed by atoms with Crippen LogP contribution in [0.5, 0.6) is 5.75 Å². The highest BCUT2D eigenvalue weighted by atomic mass is 16.5. The zero-order chi connectivity index (χ0) is 23.1. The van der Waals surface area contributed by atoms with E-state index in [1.807, 2.05) is 49.8 Å². The third-order valence-corrected chi connectivity index (χ3v) is 4.58. The molecule has 0 atom stereocenters. The standard InChI is InChI=1S/C25H26N2O5/c1-5-27(12-9-18(4)26-21(28)15-17(2)3)11-6-13-30-25-23-20(10-14-31-23)16-19-7-8-22(29)32-24(19)25/h5,7-10,12,14-16H,1,6,11,13H2,2-4H3/p+1. The Morgan fingerprint density at radius 3 is 2.72 bits per heavy atom. The Bertz CT molecular complexity index is 1290. The summed E-state index contributed by atoms with van der Waals surface area (Å²) in [6.07, 6.45) is 9.15. The Balaban J connectivity index is 1.65. The van der Waals surface area contributed by atoms with Gasteiger partial charge in [-0.15, -0.1) is 0 Å². The van der Waals surface area contributed by atoms with Gasteiger partial charge in [-0.25, -0.2) is 9.37 Å². The molecule has 1 aromatic carbocycles. The lowest BCUT2D eigenvalue weighted by Gasteiger charge is -2.08. The number of fused-ring (bicyclic) bond motifs is 2. The monoisotopic (exact) mass is 435 g/mol. The first kappa shape index (κ1) is 22.8. The van der Waals surface area contributed by atoms with Gasteiger partial charge in [-0.2, -0.15) is 0 Å². The van der Waals surface area contributed by atoms with Crippen LogP contribution in [-0.4, -0.2) is 29.8 Å². The van der Waals surface area contributed by atoms with Crippen LogP contribution in [0.3, 0.4) is 0 Å². The topological polar surface area (TPSA) is 84.7 Å². The molecule has 0 spiro atoms. The average Bonchev–Trinajstić information content (AvgIpc) is 3.20. The molecule has 2 heterocycles. The van der Waals surface area contributed by atoms with E-state index in [1.165, 1.54) is 6.07 Å². The first-order valence-corrected chi connectivity index (χ1v) is 10.3. The molecule has 7 heteroatoms. The van der Waals surface area contributed by atoms with Gasteiger partial charge in [0, 0.05) is 41.1 Å². The minimum absolute atomic E-state index is 0.156.